The Morgan fingerprint density at radius 2 is 1.47 bits per heavy atom. The van der Waals surface area contributed by atoms with E-state index in [1.165, 1.54) is 0 Å². The van der Waals surface area contributed by atoms with Gasteiger partial charge in [0.1, 0.15) is 12.3 Å². The molecule has 0 fully saturated rings. The average Bonchev–Trinajstić information content (AvgIpc) is 2.30. The summed E-state index contributed by atoms with van der Waals surface area (Å²) < 4.78 is 21.9. The molecule has 2 N–H and O–H groups in total. The van der Waals surface area contributed by atoms with Crippen LogP contribution in [0.5, 0.6) is 0 Å². The van der Waals surface area contributed by atoms with E-state index < -0.39 is 14.9 Å². The summed E-state index contributed by atoms with van der Waals surface area (Å²) in [4.78, 5) is 0. The van der Waals surface area contributed by atoms with Crippen LogP contribution >= 0.6 is 0 Å². The van der Waals surface area contributed by atoms with Crippen LogP contribution in [0.1, 0.15) is 20.8 Å². The maximum Gasteiger partial charge on any atom is 0.528 e. The van der Waals surface area contributed by atoms with E-state index in [1.54, 1.807) is 0 Å². The molecule has 104 valence electrons. The molecule has 0 aromatic rings. The van der Waals surface area contributed by atoms with Crippen molar-refractivity contribution in [3.63, 3.8) is 0 Å². The third-order valence-corrected chi connectivity index (χ3v) is 4.64. The van der Waals surface area contributed by atoms with Gasteiger partial charge < -0.3 is 28.2 Å². The molecule has 0 radical (unpaired) electrons. The van der Waals surface area contributed by atoms with Gasteiger partial charge in [-0.1, -0.05) is 0 Å². The fourth-order valence-corrected chi connectivity index (χ4v) is 3.47. The lowest BCUT2D eigenvalue weighted by Gasteiger charge is -2.28. The summed E-state index contributed by atoms with van der Waals surface area (Å²) in [5, 5.41) is 17.8. The zero-order valence-electron chi connectivity index (χ0n) is 10.8. The van der Waals surface area contributed by atoms with Crippen molar-refractivity contribution in [2.75, 3.05) is 39.3 Å². The van der Waals surface area contributed by atoms with Gasteiger partial charge in [-0.15, -0.1) is 0 Å². The van der Waals surface area contributed by atoms with Gasteiger partial charge in [-0.2, -0.15) is 0 Å². The second-order valence-electron chi connectivity index (χ2n) is 3.33. The van der Waals surface area contributed by atoms with Crippen molar-refractivity contribution < 1.29 is 28.2 Å². The minimum Gasteiger partial charge on any atom is -0.394 e. The predicted octanol–water partition coefficient (Wildman–Crippen LogP) is -0.0562. The molecule has 0 saturated carbocycles. The zero-order chi connectivity index (χ0) is 13.1. The van der Waals surface area contributed by atoms with Gasteiger partial charge in [0.25, 0.3) is 0 Å². The standard InChI is InChI=1S/C10H24O6Si/c1-4-14-17(15-5-2,16-6-3)9-13-8-10(12)7-11/h10-12H,4-9H2,1-3H3. The lowest BCUT2D eigenvalue weighted by Crippen LogP contribution is -2.51. The van der Waals surface area contributed by atoms with Gasteiger partial charge in [0.15, 0.2) is 0 Å². The van der Waals surface area contributed by atoms with Crippen molar-refractivity contribution in [2.45, 2.75) is 26.9 Å². The van der Waals surface area contributed by atoms with E-state index in [-0.39, 0.29) is 19.4 Å². The van der Waals surface area contributed by atoms with Crippen LogP contribution in [0.4, 0.5) is 0 Å². The molecule has 0 aromatic heterocycles. The molecule has 0 aromatic carbocycles. The predicted molar refractivity (Wildman–Crippen MR) is 64.5 cm³/mol. The minimum absolute atomic E-state index is 0.0402. The highest BCUT2D eigenvalue weighted by Crippen LogP contribution is 2.10. The topological polar surface area (TPSA) is 77.4 Å². The Hall–Kier alpha value is -0.0231. The smallest absolute Gasteiger partial charge is 0.394 e. The third-order valence-electron chi connectivity index (χ3n) is 1.89. The molecular weight excluding hydrogens is 244 g/mol. The molecule has 0 amide bonds. The molecule has 0 bridgehead atoms. The van der Waals surface area contributed by atoms with Gasteiger partial charge in [0.2, 0.25) is 0 Å². The number of aliphatic hydroxyl groups is 2. The highest BCUT2D eigenvalue weighted by atomic mass is 28.4. The van der Waals surface area contributed by atoms with Crippen LogP contribution in [-0.2, 0) is 18.0 Å². The van der Waals surface area contributed by atoms with Crippen molar-refractivity contribution in [3.8, 4) is 0 Å². The molecule has 6 nitrogen and oxygen atoms in total. The van der Waals surface area contributed by atoms with E-state index in [2.05, 4.69) is 0 Å². The van der Waals surface area contributed by atoms with Gasteiger partial charge in [-0.3, -0.25) is 0 Å². The summed E-state index contributed by atoms with van der Waals surface area (Å²) in [5.41, 5.74) is 0. The maximum atomic E-state index is 9.16. The molecule has 1 atom stereocenters. The SMILES string of the molecule is CCO[Si](COCC(O)CO)(OCC)OCC. The van der Waals surface area contributed by atoms with Crippen molar-refractivity contribution in [3.05, 3.63) is 0 Å². The molecule has 0 aliphatic rings. The normalized spacial score (nSPS) is 13.9. The fraction of sp³-hybridized carbons (Fsp3) is 1.00. The molecule has 17 heavy (non-hydrogen) atoms. The number of hydrogen-bond donors (Lipinski definition) is 2. The first-order valence-electron chi connectivity index (χ1n) is 5.92. The van der Waals surface area contributed by atoms with E-state index >= 15 is 0 Å². The summed E-state index contributed by atoms with van der Waals surface area (Å²) in [6.07, 6.45) is -0.703. The number of ether oxygens (including phenoxy) is 1. The molecule has 0 rings (SSSR count). The minimum atomic E-state index is -2.79. The monoisotopic (exact) mass is 268 g/mol. The summed E-state index contributed by atoms with van der Waals surface area (Å²) in [6, 6.07) is 0. The van der Waals surface area contributed by atoms with E-state index in [1.807, 2.05) is 20.8 Å². The molecule has 0 heterocycles. The first kappa shape index (κ1) is 17.0. The maximum absolute atomic E-state index is 9.16. The fourth-order valence-electron chi connectivity index (χ4n) is 1.28. The van der Waals surface area contributed by atoms with Crippen molar-refractivity contribution >= 4 is 8.80 Å². The molecular formula is C10H24O6Si. The Morgan fingerprint density at radius 3 is 1.82 bits per heavy atom. The summed E-state index contributed by atoms with van der Waals surface area (Å²) in [7, 11) is -2.79. The van der Waals surface area contributed by atoms with E-state index in [0.29, 0.717) is 19.8 Å². The second-order valence-corrected chi connectivity index (χ2v) is 5.85. The molecule has 0 saturated heterocycles. The first-order valence-corrected chi connectivity index (χ1v) is 7.85. The molecule has 0 spiro atoms. The summed E-state index contributed by atoms with van der Waals surface area (Å²) in [5.74, 6) is 0. The van der Waals surface area contributed by atoms with Gasteiger partial charge in [0.05, 0.1) is 13.2 Å². The zero-order valence-corrected chi connectivity index (χ0v) is 11.8. The highest BCUT2D eigenvalue weighted by molar-refractivity contribution is 6.60. The van der Waals surface area contributed by atoms with Crippen LogP contribution in [-0.4, -0.2) is 64.4 Å². The first-order chi connectivity index (χ1) is 8.14. The van der Waals surface area contributed by atoms with E-state index in [9.17, 15) is 0 Å². The Morgan fingerprint density at radius 1 is 1.00 bits per heavy atom. The van der Waals surface area contributed by atoms with Crippen LogP contribution in [0.15, 0.2) is 0 Å². The van der Waals surface area contributed by atoms with Gasteiger partial charge >= 0.3 is 8.80 Å². The molecule has 1 unspecified atom stereocenters. The third kappa shape index (κ3) is 7.09. The Balaban J connectivity index is 4.23. The van der Waals surface area contributed by atoms with Gasteiger partial charge in [-0.25, -0.2) is 0 Å². The van der Waals surface area contributed by atoms with Crippen molar-refractivity contribution in [1.29, 1.82) is 0 Å². The number of aliphatic hydroxyl groups excluding tert-OH is 2. The van der Waals surface area contributed by atoms with Crippen molar-refractivity contribution in [1.82, 2.24) is 0 Å². The van der Waals surface area contributed by atoms with Gasteiger partial charge in [-0.05, 0) is 20.8 Å². The van der Waals surface area contributed by atoms with Crippen LogP contribution in [0.2, 0.25) is 0 Å². The Kier molecular flexibility index (Phi) is 9.94. The Labute approximate surface area is 104 Å². The highest BCUT2D eigenvalue weighted by Gasteiger charge is 2.41. The summed E-state index contributed by atoms with van der Waals surface area (Å²) >= 11 is 0. The average molecular weight is 268 g/mol. The van der Waals surface area contributed by atoms with E-state index in [0.717, 1.165) is 0 Å². The quantitative estimate of drug-likeness (QED) is 0.511. The number of hydrogen-bond acceptors (Lipinski definition) is 6. The van der Waals surface area contributed by atoms with Crippen molar-refractivity contribution in [2.24, 2.45) is 0 Å². The molecule has 7 heteroatoms. The van der Waals surface area contributed by atoms with Crippen LogP contribution in [0, 0.1) is 0 Å². The van der Waals surface area contributed by atoms with Gasteiger partial charge in [0, 0.05) is 19.8 Å². The lowest BCUT2D eigenvalue weighted by molar-refractivity contribution is -0.0115. The number of rotatable bonds is 11. The van der Waals surface area contributed by atoms with Crippen LogP contribution in [0.3, 0.4) is 0 Å². The largest absolute Gasteiger partial charge is 0.528 e. The van der Waals surface area contributed by atoms with Crippen LogP contribution in [0.25, 0.3) is 0 Å². The lowest BCUT2D eigenvalue weighted by atomic mass is 10.4. The van der Waals surface area contributed by atoms with E-state index in [4.69, 9.17) is 28.2 Å². The Bertz CT molecular complexity index is 163. The molecule has 0 aliphatic carbocycles. The summed E-state index contributed by atoms with van der Waals surface area (Å²) in [6.45, 7) is 6.76. The van der Waals surface area contributed by atoms with Crippen LogP contribution < -0.4 is 0 Å². The second kappa shape index (κ2) is 9.95. The molecule has 0 aliphatic heterocycles.